The number of H-pyrrole nitrogens is 1. The zero-order valence-corrected chi connectivity index (χ0v) is 26.1. The van der Waals surface area contributed by atoms with Crippen LogP contribution in [0.4, 0.5) is 4.39 Å². The molecule has 0 fully saturated rings. The Hall–Kier alpha value is -5.24. The molecule has 0 radical (unpaired) electrons. The van der Waals surface area contributed by atoms with Gasteiger partial charge in [0.2, 0.25) is 0 Å². The quantitative estimate of drug-likeness (QED) is 0.146. The van der Waals surface area contributed by atoms with Gasteiger partial charge in [0.25, 0.3) is 0 Å². The second-order valence-electron chi connectivity index (χ2n) is 12.4. The molecule has 1 aromatic heterocycles. The van der Waals surface area contributed by atoms with Gasteiger partial charge in [0.05, 0.1) is 5.56 Å². The van der Waals surface area contributed by atoms with Gasteiger partial charge in [-0.3, -0.25) is 9.51 Å². The van der Waals surface area contributed by atoms with Gasteiger partial charge in [0.1, 0.15) is 18.2 Å². The molecule has 5 rings (SSSR count). The summed E-state index contributed by atoms with van der Waals surface area (Å²) in [6.45, 7) is 6.88. The van der Waals surface area contributed by atoms with Crippen LogP contribution in [0.5, 0.6) is 5.75 Å². The van der Waals surface area contributed by atoms with E-state index in [-0.39, 0.29) is 22.7 Å². The smallest absolute Gasteiger partial charge is 0.439 e. The largest absolute Gasteiger partial charge is 0.488 e. The molecule has 46 heavy (non-hydrogen) atoms. The normalized spacial score (nSPS) is 12.3. The number of aryl methyl sites for hydroxylation is 1. The van der Waals surface area contributed by atoms with Crippen LogP contribution in [0, 0.1) is 11.7 Å². The molecule has 0 bridgehead atoms. The number of nitrogens with one attached hydrogen (secondary N) is 1. The van der Waals surface area contributed by atoms with Gasteiger partial charge in [-0.2, -0.15) is 0 Å². The topological polar surface area (TPSA) is 105 Å². The number of ether oxygens (including phenoxy) is 1. The molecule has 236 valence electrons. The molecule has 0 saturated heterocycles. The molecule has 2 N–H and O–H groups in total. The van der Waals surface area contributed by atoms with Crippen molar-refractivity contribution >= 4 is 12.0 Å². The van der Waals surface area contributed by atoms with Crippen LogP contribution in [0.3, 0.4) is 0 Å². The first-order valence-corrected chi connectivity index (χ1v) is 15.2. The van der Waals surface area contributed by atoms with Crippen molar-refractivity contribution in [2.45, 2.75) is 52.1 Å². The van der Waals surface area contributed by atoms with Crippen molar-refractivity contribution in [1.82, 2.24) is 10.1 Å². The van der Waals surface area contributed by atoms with E-state index < -0.39 is 11.7 Å². The molecule has 0 saturated carbocycles. The van der Waals surface area contributed by atoms with E-state index in [1.54, 1.807) is 18.2 Å². The first-order valence-electron chi connectivity index (χ1n) is 15.2. The highest BCUT2D eigenvalue weighted by Gasteiger charge is 2.14. The number of rotatable bonds is 12. The van der Waals surface area contributed by atoms with Crippen molar-refractivity contribution in [2.24, 2.45) is 5.92 Å². The number of hydrogen-bond acceptors (Lipinski definition) is 5. The number of allylic oxidation sites excluding steroid dienone is 1. The minimum Gasteiger partial charge on any atom is -0.488 e. The third-order valence-corrected chi connectivity index (χ3v) is 7.90. The predicted molar refractivity (Wildman–Crippen MR) is 176 cm³/mol. The number of hydrogen-bond donors (Lipinski definition) is 2. The van der Waals surface area contributed by atoms with Gasteiger partial charge in [0, 0.05) is 11.1 Å². The number of aromatic nitrogens is 2. The first-order chi connectivity index (χ1) is 22.0. The Bertz CT molecular complexity index is 1850. The average molecular weight is 621 g/mol. The van der Waals surface area contributed by atoms with Crippen molar-refractivity contribution in [3.8, 4) is 17.1 Å². The summed E-state index contributed by atoms with van der Waals surface area (Å²) in [4.78, 5) is 25.2. The van der Waals surface area contributed by atoms with E-state index in [0.717, 1.165) is 35.1 Å². The van der Waals surface area contributed by atoms with Crippen LogP contribution in [-0.2, 0) is 24.9 Å². The summed E-state index contributed by atoms with van der Waals surface area (Å²) in [5, 5.41) is 13.0. The molecule has 1 atom stereocenters. The molecular weight excluding hydrogens is 583 g/mol. The maximum Gasteiger partial charge on any atom is 0.439 e. The summed E-state index contributed by atoms with van der Waals surface area (Å²) in [6.07, 6.45) is 6.18. The van der Waals surface area contributed by atoms with Crippen LogP contribution in [0.2, 0.25) is 0 Å². The van der Waals surface area contributed by atoms with Gasteiger partial charge in [-0.25, -0.2) is 14.0 Å². The molecule has 8 heteroatoms. The summed E-state index contributed by atoms with van der Waals surface area (Å²) in [5.74, 6) is -0.906. The molecule has 0 aliphatic carbocycles. The lowest BCUT2D eigenvalue weighted by atomic mass is 9.87. The number of carbonyl (C=O) groups is 1. The first kappa shape index (κ1) is 32.2. The SMILES string of the molecule is CC(C)(C)c1ccc(COc2ccc(F)cc2/C=C\C(CCc2ccc(-c3noc(=O)[nH]3)cc2)Cc2ccc(C(=O)O)cc2)cc1. The standard InChI is InChI=1S/C38H37FN2O5/c1-38(2,3)32-18-11-28(12-19-32)24-45-34-21-20-33(39)23-31(34)17-10-26(22-27-8-15-30(16-9-27)36(42)43)5-4-25-6-13-29(14-7-25)35-40-37(44)46-41-35/h6-21,23,26H,4-5,22,24H2,1-3H3,(H,42,43)(H,40,41,44)/b17-10-. The molecular formula is C38H37FN2O5. The van der Waals surface area contributed by atoms with E-state index in [2.05, 4.69) is 65.8 Å². The van der Waals surface area contributed by atoms with Gasteiger partial charge < -0.3 is 9.84 Å². The minimum absolute atomic E-state index is 0.0586. The van der Waals surface area contributed by atoms with E-state index in [0.29, 0.717) is 30.2 Å². The van der Waals surface area contributed by atoms with Crippen molar-refractivity contribution < 1.29 is 23.6 Å². The van der Waals surface area contributed by atoms with Crippen molar-refractivity contribution in [3.05, 3.63) is 147 Å². The maximum atomic E-state index is 14.4. The lowest BCUT2D eigenvalue weighted by Crippen LogP contribution is -2.10. The van der Waals surface area contributed by atoms with E-state index in [1.807, 2.05) is 42.5 Å². The van der Waals surface area contributed by atoms with Gasteiger partial charge >= 0.3 is 11.7 Å². The van der Waals surface area contributed by atoms with Crippen molar-refractivity contribution in [2.75, 3.05) is 0 Å². The Balaban J connectivity index is 1.32. The van der Waals surface area contributed by atoms with Gasteiger partial charge in [0.15, 0.2) is 5.82 Å². The van der Waals surface area contributed by atoms with Crippen LogP contribution in [0.15, 0.2) is 106 Å². The van der Waals surface area contributed by atoms with E-state index in [4.69, 9.17) is 4.74 Å². The third kappa shape index (κ3) is 8.69. The van der Waals surface area contributed by atoms with Crippen LogP contribution >= 0.6 is 0 Å². The highest BCUT2D eigenvalue weighted by Crippen LogP contribution is 2.27. The lowest BCUT2D eigenvalue weighted by Gasteiger charge is -2.19. The van der Waals surface area contributed by atoms with Crippen LogP contribution in [0.25, 0.3) is 17.5 Å². The van der Waals surface area contributed by atoms with Crippen molar-refractivity contribution in [3.63, 3.8) is 0 Å². The molecule has 7 nitrogen and oxygen atoms in total. The monoisotopic (exact) mass is 620 g/mol. The average Bonchev–Trinajstić information content (AvgIpc) is 3.48. The lowest BCUT2D eigenvalue weighted by molar-refractivity contribution is 0.0697. The Morgan fingerprint density at radius 3 is 2.26 bits per heavy atom. The number of aromatic carboxylic acids is 1. The van der Waals surface area contributed by atoms with E-state index in [1.165, 1.54) is 17.7 Å². The molecule has 1 unspecified atom stereocenters. The Morgan fingerprint density at radius 1 is 0.957 bits per heavy atom. The summed E-state index contributed by atoms with van der Waals surface area (Å²) >= 11 is 0. The molecule has 1 heterocycles. The predicted octanol–water partition coefficient (Wildman–Crippen LogP) is 8.25. The summed E-state index contributed by atoms with van der Waals surface area (Å²) in [6, 6.07) is 27.5. The van der Waals surface area contributed by atoms with Crippen molar-refractivity contribution in [1.29, 1.82) is 0 Å². The van der Waals surface area contributed by atoms with Gasteiger partial charge in [-0.15, -0.1) is 0 Å². The number of aromatic amines is 1. The minimum atomic E-state index is -0.968. The molecule has 5 aromatic rings. The maximum absolute atomic E-state index is 14.4. The highest BCUT2D eigenvalue weighted by molar-refractivity contribution is 5.87. The number of nitrogens with zero attached hydrogens (tertiary/aromatic N) is 1. The Labute approximate surface area is 267 Å². The molecule has 0 spiro atoms. The Morgan fingerprint density at radius 2 is 1.63 bits per heavy atom. The molecule has 0 amide bonds. The second kappa shape index (κ2) is 14.2. The third-order valence-electron chi connectivity index (χ3n) is 7.90. The zero-order chi connectivity index (χ0) is 32.7. The fourth-order valence-electron chi connectivity index (χ4n) is 5.17. The zero-order valence-electron chi connectivity index (χ0n) is 26.1. The summed E-state index contributed by atoms with van der Waals surface area (Å²) in [5.41, 5.74) is 6.05. The highest BCUT2D eigenvalue weighted by atomic mass is 19.1. The van der Waals surface area contributed by atoms with Crippen LogP contribution < -0.4 is 10.5 Å². The van der Waals surface area contributed by atoms with Gasteiger partial charge in [-0.05, 0) is 83.2 Å². The van der Waals surface area contributed by atoms with E-state index in [9.17, 15) is 19.1 Å². The molecule has 0 aliphatic heterocycles. The second-order valence-corrected chi connectivity index (χ2v) is 12.4. The summed E-state index contributed by atoms with van der Waals surface area (Å²) < 4.78 is 25.2. The molecule has 0 aliphatic rings. The number of benzene rings is 4. The van der Waals surface area contributed by atoms with Gasteiger partial charge in [-0.1, -0.05) is 98.7 Å². The fraction of sp³-hybridized carbons (Fsp3) is 0.237. The van der Waals surface area contributed by atoms with Crippen LogP contribution in [-0.4, -0.2) is 21.2 Å². The van der Waals surface area contributed by atoms with E-state index >= 15 is 0 Å². The number of carboxylic acid groups (broad SMARTS) is 1. The Kier molecular flexibility index (Phi) is 9.96. The summed E-state index contributed by atoms with van der Waals surface area (Å²) in [7, 11) is 0. The van der Waals surface area contributed by atoms with Crippen LogP contribution in [0.1, 0.15) is 65.4 Å². The molecule has 4 aromatic carbocycles. The fourth-order valence-corrected chi connectivity index (χ4v) is 5.17. The number of halogens is 1. The number of carboxylic acids is 1.